The number of likely N-dealkylation sites (tertiary alicyclic amines) is 1. The van der Waals surface area contributed by atoms with Crippen LogP contribution in [0.5, 0.6) is 0 Å². The third-order valence-corrected chi connectivity index (χ3v) is 3.68. The molecule has 7 nitrogen and oxygen atoms in total. The smallest absolute Gasteiger partial charge is 0.222 e. The Labute approximate surface area is 154 Å². The molecule has 0 spiro atoms. The lowest BCUT2D eigenvalue weighted by Crippen LogP contribution is -2.44. The molecule has 8 heteroatoms. The van der Waals surface area contributed by atoms with E-state index in [2.05, 4.69) is 25.6 Å². The average Bonchev–Trinajstić information content (AvgIpc) is 2.99. The fourth-order valence-corrected chi connectivity index (χ4v) is 2.49. The van der Waals surface area contributed by atoms with Gasteiger partial charge in [-0.15, -0.1) is 24.0 Å². The zero-order valence-corrected chi connectivity index (χ0v) is 16.2. The maximum Gasteiger partial charge on any atom is 0.222 e. The number of carbonyl (C=O) groups is 1. The molecule has 0 bridgehead atoms. The van der Waals surface area contributed by atoms with E-state index in [1.807, 2.05) is 24.8 Å². The SMILES string of the molecule is CCC(=O)N1CCC(NC(=NC)NCc2ccnc(C)n2)C1.I. The van der Waals surface area contributed by atoms with Gasteiger partial charge in [-0.25, -0.2) is 9.97 Å². The molecule has 0 radical (unpaired) electrons. The standard InChI is InChI=1S/C15H24N6O.HI/c1-4-14(22)21-8-6-13(10-21)20-15(16-3)18-9-12-5-7-17-11(2)19-12;/h5,7,13H,4,6,8-10H2,1-3H3,(H2,16,18,20);1H. The molecule has 2 heterocycles. The van der Waals surface area contributed by atoms with Crippen molar-refractivity contribution in [3.05, 3.63) is 23.8 Å². The fourth-order valence-electron chi connectivity index (χ4n) is 2.49. The summed E-state index contributed by atoms with van der Waals surface area (Å²) in [6, 6.07) is 2.12. The highest BCUT2D eigenvalue weighted by molar-refractivity contribution is 14.0. The molecule has 1 aliphatic rings. The Balaban J connectivity index is 0.00000264. The third kappa shape index (κ3) is 5.92. The summed E-state index contributed by atoms with van der Waals surface area (Å²) in [6.45, 7) is 5.90. The van der Waals surface area contributed by atoms with Crippen LogP contribution in [-0.2, 0) is 11.3 Å². The molecule has 1 amide bonds. The van der Waals surface area contributed by atoms with Gasteiger partial charge in [0.25, 0.3) is 0 Å². The van der Waals surface area contributed by atoms with Gasteiger partial charge in [-0.3, -0.25) is 9.79 Å². The number of aliphatic imine (C=N–C) groups is 1. The minimum absolute atomic E-state index is 0. The Morgan fingerprint density at radius 2 is 2.30 bits per heavy atom. The van der Waals surface area contributed by atoms with Crippen molar-refractivity contribution >= 4 is 35.8 Å². The second-order valence-corrected chi connectivity index (χ2v) is 5.34. The fraction of sp³-hybridized carbons (Fsp3) is 0.600. The van der Waals surface area contributed by atoms with Gasteiger partial charge in [0.15, 0.2) is 5.96 Å². The first-order chi connectivity index (χ1) is 10.6. The molecule has 1 unspecified atom stereocenters. The molecule has 1 aliphatic heterocycles. The molecule has 1 aromatic heterocycles. The Morgan fingerprint density at radius 1 is 1.52 bits per heavy atom. The van der Waals surface area contributed by atoms with Crippen molar-refractivity contribution in [1.82, 2.24) is 25.5 Å². The molecule has 2 rings (SSSR count). The number of hydrogen-bond acceptors (Lipinski definition) is 4. The maximum atomic E-state index is 11.7. The van der Waals surface area contributed by atoms with Gasteiger partial charge in [-0.05, 0) is 19.4 Å². The zero-order valence-electron chi connectivity index (χ0n) is 13.9. The number of rotatable bonds is 4. The lowest BCUT2D eigenvalue weighted by molar-refractivity contribution is -0.129. The summed E-state index contributed by atoms with van der Waals surface area (Å²) < 4.78 is 0. The summed E-state index contributed by atoms with van der Waals surface area (Å²) in [7, 11) is 1.74. The Kier molecular flexibility index (Phi) is 8.21. The number of nitrogens with zero attached hydrogens (tertiary/aromatic N) is 4. The van der Waals surface area contributed by atoms with Crippen molar-refractivity contribution in [1.29, 1.82) is 0 Å². The van der Waals surface area contributed by atoms with Crippen LogP contribution in [0.15, 0.2) is 17.3 Å². The van der Waals surface area contributed by atoms with Crippen LogP contribution in [-0.4, -0.2) is 52.9 Å². The van der Waals surface area contributed by atoms with Crippen molar-refractivity contribution in [3.63, 3.8) is 0 Å². The first kappa shape index (κ1) is 19.6. The highest BCUT2D eigenvalue weighted by Crippen LogP contribution is 2.10. The van der Waals surface area contributed by atoms with Crippen LogP contribution in [0.25, 0.3) is 0 Å². The van der Waals surface area contributed by atoms with E-state index in [4.69, 9.17) is 0 Å². The molecule has 1 saturated heterocycles. The van der Waals surface area contributed by atoms with Crippen LogP contribution in [0.3, 0.4) is 0 Å². The van der Waals surface area contributed by atoms with Gasteiger partial charge in [0.2, 0.25) is 5.91 Å². The molecular formula is C15H25IN6O. The first-order valence-electron chi connectivity index (χ1n) is 7.65. The van der Waals surface area contributed by atoms with E-state index in [1.54, 1.807) is 13.2 Å². The van der Waals surface area contributed by atoms with Crippen LogP contribution in [0, 0.1) is 6.92 Å². The number of hydrogen-bond donors (Lipinski definition) is 2. The molecule has 0 saturated carbocycles. The lowest BCUT2D eigenvalue weighted by atomic mass is 10.3. The molecular weight excluding hydrogens is 407 g/mol. The van der Waals surface area contributed by atoms with E-state index in [-0.39, 0.29) is 35.9 Å². The number of amides is 1. The summed E-state index contributed by atoms with van der Waals surface area (Å²) >= 11 is 0. The summed E-state index contributed by atoms with van der Waals surface area (Å²) in [6.07, 6.45) is 3.26. The molecule has 0 aromatic carbocycles. The van der Waals surface area contributed by atoms with E-state index < -0.39 is 0 Å². The van der Waals surface area contributed by atoms with Crippen LogP contribution >= 0.6 is 24.0 Å². The van der Waals surface area contributed by atoms with Crippen LogP contribution in [0.1, 0.15) is 31.3 Å². The number of guanidine groups is 1. The molecule has 1 aromatic rings. The van der Waals surface area contributed by atoms with Gasteiger partial charge >= 0.3 is 0 Å². The number of aromatic nitrogens is 2. The van der Waals surface area contributed by atoms with Crippen molar-refractivity contribution in [3.8, 4) is 0 Å². The predicted octanol–water partition coefficient (Wildman–Crippen LogP) is 1.08. The van der Waals surface area contributed by atoms with Crippen molar-refractivity contribution in [2.45, 2.75) is 39.3 Å². The summed E-state index contributed by atoms with van der Waals surface area (Å²) in [5.41, 5.74) is 0.921. The Bertz CT molecular complexity index is 551. The van der Waals surface area contributed by atoms with Gasteiger partial charge in [0.1, 0.15) is 5.82 Å². The maximum absolute atomic E-state index is 11.7. The molecule has 1 fully saturated rings. The van der Waals surface area contributed by atoms with E-state index in [1.165, 1.54) is 0 Å². The predicted molar refractivity (Wildman–Crippen MR) is 101 cm³/mol. The normalized spacial score (nSPS) is 17.6. The molecule has 1 atom stereocenters. The largest absolute Gasteiger partial charge is 0.352 e. The minimum Gasteiger partial charge on any atom is -0.352 e. The Hall–Kier alpha value is -1.45. The highest BCUT2D eigenvalue weighted by atomic mass is 127. The van der Waals surface area contributed by atoms with E-state index in [9.17, 15) is 4.79 Å². The Morgan fingerprint density at radius 3 is 2.96 bits per heavy atom. The number of nitrogens with one attached hydrogen (secondary N) is 2. The quantitative estimate of drug-likeness (QED) is 0.423. The van der Waals surface area contributed by atoms with Crippen LogP contribution in [0.4, 0.5) is 0 Å². The zero-order chi connectivity index (χ0) is 15.9. The third-order valence-electron chi connectivity index (χ3n) is 3.68. The van der Waals surface area contributed by atoms with Gasteiger partial charge in [-0.2, -0.15) is 0 Å². The van der Waals surface area contributed by atoms with Crippen molar-refractivity contribution < 1.29 is 4.79 Å². The topological polar surface area (TPSA) is 82.5 Å². The average molecular weight is 432 g/mol. The van der Waals surface area contributed by atoms with Crippen molar-refractivity contribution in [2.75, 3.05) is 20.1 Å². The number of carbonyl (C=O) groups excluding carboxylic acids is 1. The van der Waals surface area contributed by atoms with Crippen molar-refractivity contribution in [2.24, 2.45) is 4.99 Å². The number of aryl methyl sites for hydroxylation is 1. The second kappa shape index (κ2) is 9.64. The van der Waals surface area contributed by atoms with Crippen LogP contribution in [0.2, 0.25) is 0 Å². The highest BCUT2D eigenvalue weighted by Gasteiger charge is 2.25. The van der Waals surface area contributed by atoms with E-state index in [0.717, 1.165) is 37.0 Å². The van der Waals surface area contributed by atoms with Crippen LogP contribution < -0.4 is 10.6 Å². The van der Waals surface area contributed by atoms with E-state index in [0.29, 0.717) is 13.0 Å². The van der Waals surface area contributed by atoms with Gasteiger partial charge < -0.3 is 15.5 Å². The van der Waals surface area contributed by atoms with Gasteiger partial charge in [0, 0.05) is 38.8 Å². The monoisotopic (exact) mass is 432 g/mol. The summed E-state index contributed by atoms with van der Waals surface area (Å²) in [4.78, 5) is 26.3. The minimum atomic E-state index is 0. The van der Waals surface area contributed by atoms with Gasteiger partial charge in [0.05, 0.1) is 12.2 Å². The molecule has 2 N–H and O–H groups in total. The molecule has 23 heavy (non-hydrogen) atoms. The second-order valence-electron chi connectivity index (χ2n) is 5.34. The summed E-state index contributed by atoms with van der Waals surface area (Å²) in [5, 5.41) is 6.60. The molecule has 128 valence electrons. The number of halogens is 1. The van der Waals surface area contributed by atoms with E-state index >= 15 is 0 Å². The first-order valence-corrected chi connectivity index (χ1v) is 7.65. The summed E-state index contributed by atoms with van der Waals surface area (Å²) in [5.74, 6) is 1.70. The molecule has 0 aliphatic carbocycles. The lowest BCUT2D eigenvalue weighted by Gasteiger charge is -2.18. The van der Waals surface area contributed by atoms with Gasteiger partial charge in [-0.1, -0.05) is 6.92 Å².